The molecule has 2 heterocycles. The normalized spacial score (nSPS) is 14.5. The van der Waals surface area contributed by atoms with E-state index in [1.807, 2.05) is 13.0 Å². The molecule has 3 aromatic rings. The molecule has 2 aromatic carbocycles. The first-order valence-electron chi connectivity index (χ1n) is 12.7. The fourth-order valence-corrected chi connectivity index (χ4v) is 6.83. The van der Waals surface area contributed by atoms with Crippen molar-refractivity contribution in [2.24, 2.45) is 0 Å². The van der Waals surface area contributed by atoms with Gasteiger partial charge in [0.2, 0.25) is 5.91 Å². The van der Waals surface area contributed by atoms with Crippen LogP contribution >= 0.6 is 11.3 Å². The molecule has 9 nitrogen and oxygen atoms in total. The van der Waals surface area contributed by atoms with Crippen molar-refractivity contribution in [3.05, 3.63) is 42.0 Å². The summed E-state index contributed by atoms with van der Waals surface area (Å²) in [6.07, 6.45) is 1.09. The number of fused-ring (bicyclic) bond motifs is 1. The topological polar surface area (TPSA) is 98.3 Å². The van der Waals surface area contributed by atoms with Gasteiger partial charge in [0.1, 0.15) is 21.7 Å². The monoisotopic (exact) mass is 561 g/mol. The summed E-state index contributed by atoms with van der Waals surface area (Å²) in [7, 11) is -0.287. The van der Waals surface area contributed by atoms with Crippen LogP contribution in [0.1, 0.15) is 24.8 Å². The number of carbonyl (C=O) groups is 1. The SMILES string of the molecule is COc1ccc(OC)c2sc(N(CCCN3CCOCC3)C(=O)CCCS(=O)(=O)c3ccc(C)cc3)nc12. The van der Waals surface area contributed by atoms with Crippen LogP contribution in [0.25, 0.3) is 10.2 Å². The van der Waals surface area contributed by atoms with Gasteiger partial charge in [-0.1, -0.05) is 29.0 Å². The van der Waals surface area contributed by atoms with Crippen molar-refractivity contribution >= 4 is 42.4 Å². The van der Waals surface area contributed by atoms with Crippen molar-refractivity contribution in [3.63, 3.8) is 0 Å². The van der Waals surface area contributed by atoms with Crippen LogP contribution in [0.15, 0.2) is 41.3 Å². The standard InChI is InChI=1S/C27H35N3O6S2/c1-20-7-9-21(10-8-20)38(32,33)19-4-6-24(31)30(14-5-13-29-15-17-36-18-16-29)27-28-25-22(34-2)11-12-23(35-3)26(25)37-27/h7-12H,4-6,13-19H2,1-3H3. The first-order chi connectivity index (χ1) is 18.3. The summed E-state index contributed by atoms with van der Waals surface area (Å²) in [6, 6.07) is 10.4. The van der Waals surface area contributed by atoms with E-state index >= 15 is 0 Å². The Labute approximate surface area is 228 Å². The maximum atomic E-state index is 13.5. The van der Waals surface area contributed by atoms with E-state index in [0.29, 0.717) is 28.7 Å². The van der Waals surface area contributed by atoms with Crippen LogP contribution in [0.4, 0.5) is 5.13 Å². The second-order valence-corrected chi connectivity index (χ2v) is 12.3. The predicted molar refractivity (Wildman–Crippen MR) is 149 cm³/mol. The van der Waals surface area contributed by atoms with Gasteiger partial charge >= 0.3 is 0 Å². The van der Waals surface area contributed by atoms with E-state index < -0.39 is 9.84 Å². The second-order valence-electron chi connectivity index (χ2n) is 9.23. The number of amides is 1. The summed E-state index contributed by atoms with van der Waals surface area (Å²) in [4.78, 5) is 22.5. The van der Waals surface area contributed by atoms with Crippen molar-refractivity contribution in [1.29, 1.82) is 0 Å². The summed E-state index contributed by atoms with van der Waals surface area (Å²) < 4.78 is 42.8. The molecule has 1 saturated heterocycles. The predicted octanol–water partition coefficient (Wildman–Crippen LogP) is 3.93. The van der Waals surface area contributed by atoms with Crippen LogP contribution < -0.4 is 14.4 Å². The number of methoxy groups -OCH3 is 2. The molecule has 1 aromatic heterocycles. The Bertz CT molecular complexity index is 1290. The third-order valence-corrected chi connectivity index (χ3v) is 9.48. The molecule has 1 aliphatic heterocycles. The molecule has 0 N–H and O–H groups in total. The van der Waals surface area contributed by atoms with Gasteiger partial charge in [-0.15, -0.1) is 0 Å². The van der Waals surface area contributed by atoms with Gasteiger partial charge < -0.3 is 14.2 Å². The number of aromatic nitrogens is 1. The average molecular weight is 562 g/mol. The highest BCUT2D eigenvalue weighted by Crippen LogP contribution is 2.40. The number of hydrogen-bond donors (Lipinski definition) is 0. The molecular weight excluding hydrogens is 526 g/mol. The number of hydrogen-bond acceptors (Lipinski definition) is 9. The molecule has 0 aliphatic carbocycles. The number of aryl methyl sites for hydroxylation is 1. The molecule has 1 aliphatic rings. The highest BCUT2D eigenvalue weighted by Gasteiger charge is 2.24. The lowest BCUT2D eigenvalue weighted by Gasteiger charge is -2.27. The molecule has 0 bridgehead atoms. The summed E-state index contributed by atoms with van der Waals surface area (Å²) in [5.74, 6) is 1.02. The molecule has 38 heavy (non-hydrogen) atoms. The largest absolute Gasteiger partial charge is 0.495 e. The summed E-state index contributed by atoms with van der Waals surface area (Å²) in [6.45, 7) is 6.42. The second kappa shape index (κ2) is 12.9. The van der Waals surface area contributed by atoms with E-state index in [4.69, 9.17) is 19.2 Å². The fraction of sp³-hybridized carbons (Fsp3) is 0.481. The maximum absolute atomic E-state index is 13.5. The molecule has 1 amide bonds. The van der Waals surface area contributed by atoms with Crippen LogP contribution in [0.2, 0.25) is 0 Å². The van der Waals surface area contributed by atoms with Crippen LogP contribution in [0.5, 0.6) is 11.5 Å². The van der Waals surface area contributed by atoms with Crippen LogP contribution in [0, 0.1) is 6.92 Å². The van der Waals surface area contributed by atoms with Crippen LogP contribution in [0.3, 0.4) is 0 Å². The minimum absolute atomic E-state index is 0.0924. The number of sulfone groups is 1. The molecule has 0 saturated carbocycles. The van der Waals surface area contributed by atoms with Crippen molar-refractivity contribution < 1.29 is 27.4 Å². The Morgan fingerprint density at radius 1 is 1.05 bits per heavy atom. The number of anilines is 1. The molecule has 0 spiro atoms. The van der Waals surface area contributed by atoms with Crippen molar-refractivity contribution in [2.45, 2.75) is 31.1 Å². The summed E-state index contributed by atoms with van der Waals surface area (Å²) in [5, 5.41) is 0.552. The van der Waals surface area contributed by atoms with Gasteiger partial charge in [0.15, 0.2) is 15.0 Å². The Morgan fingerprint density at radius 3 is 2.42 bits per heavy atom. The minimum Gasteiger partial charge on any atom is -0.495 e. The molecule has 206 valence electrons. The maximum Gasteiger partial charge on any atom is 0.228 e. The van der Waals surface area contributed by atoms with Crippen LogP contribution in [-0.2, 0) is 19.4 Å². The van der Waals surface area contributed by atoms with E-state index in [9.17, 15) is 13.2 Å². The van der Waals surface area contributed by atoms with E-state index in [1.165, 1.54) is 11.3 Å². The van der Waals surface area contributed by atoms with E-state index in [1.54, 1.807) is 49.5 Å². The molecule has 0 unspecified atom stereocenters. The van der Waals surface area contributed by atoms with Gasteiger partial charge in [-0.25, -0.2) is 13.4 Å². The van der Waals surface area contributed by atoms with Gasteiger partial charge in [-0.05, 0) is 44.0 Å². The minimum atomic E-state index is -3.47. The number of nitrogens with zero attached hydrogens (tertiary/aromatic N) is 3. The van der Waals surface area contributed by atoms with Crippen molar-refractivity contribution in [3.8, 4) is 11.5 Å². The van der Waals surface area contributed by atoms with Crippen molar-refractivity contribution in [2.75, 3.05) is 64.3 Å². The number of ether oxygens (including phenoxy) is 3. The third kappa shape index (κ3) is 6.82. The van der Waals surface area contributed by atoms with Gasteiger partial charge in [-0.2, -0.15) is 0 Å². The van der Waals surface area contributed by atoms with Gasteiger partial charge in [0.25, 0.3) is 0 Å². The van der Waals surface area contributed by atoms with E-state index in [2.05, 4.69) is 4.90 Å². The Balaban J connectivity index is 1.50. The third-order valence-electron chi connectivity index (χ3n) is 6.57. The Morgan fingerprint density at radius 2 is 1.74 bits per heavy atom. The van der Waals surface area contributed by atoms with Crippen LogP contribution in [-0.4, -0.2) is 83.6 Å². The average Bonchev–Trinajstić information content (AvgIpc) is 3.36. The lowest BCUT2D eigenvalue weighted by Crippen LogP contribution is -2.39. The number of thiazole rings is 1. The van der Waals surface area contributed by atoms with Gasteiger partial charge in [0, 0.05) is 32.6 Å². The quantitative estimate of drug-likeness (QED) is 0.328. The molecule has 1 fully saturated rings. The smallest absolute Gasteiger partial charge is 0.228 e. The summed E-state index contributed by atoms with van der Waals surface area (Å²) >= 11 is 1.37. The number of benzene rings is 2. The van der Waals surface area contributed by atoms with E-state index in [0.717, 1.165) is 49.5 Å². The Kier molecular flexibility index (Phi) is 9.59. The van der Waals surface area contributed by atoms with Gasteiger partial charge in [-0.3, -0.25) is 14.6 Å². The summed E-state index contributed by atoms with van der Waals surface area (Å²) in [5.41, 5.74) is 1.63. The molecule has 11 heteroatoms. The zero-order chi connectivity index (χ0) is 27.1. The van der Waals surface area contributed by atoms with Gasteiger partial charge in [0.05, 0.1) is 38.1 Å². The molecular formula is C27H35N3O6S2. The van der Waals surface area contributed by atoms with E-state index in [-0.39, 0.29) is 29.4 Å². The lowest BCUT2D eigenvalue weighted by atomic mass is 10.2. The Hall–Kier alpha value is -2.73. The molecule has 4 rings (SSSR count). The number of rotatable bonds is 12. The highest BCUT2D eigenvalue weighted by molar-refractivity contribution is 7.91. The molecule has 0 radical (unpaired) electrons. The highest BCUT2D eigenvalue weighted by atomic mass is 32.2. The van der Waals surface area contributed by atoms with Crippen molar-refractivity contribution in [1.82, 2.24) is 9.88 Å². The zero-order valence-corrected chi connectivity index (χ0v) is 23.8. The lowest BCUT2D eigenvalue weighted by molar-refractivity contribution is -0.118. The number of morpholine rings is 1. The first-order valence-corrected chi connectivity index (χ1v) is 15.2. The molecule has 0 atom stereocenters. The fourth-order valence-electron chi connectivity index (χ4n) is 4.41. The zero-order valence-electron chi connectivity index (χ0n) is 22.1. The number of carbonyl (C=O) groups excluding carboxylic acids is 1. The first kappa shape index (κ1) is 28.3.